The van der Waals surface area contributed by atoms with Gasteiger partial charge < -0.3 is 0 Å². The van der Waals surface area contributed by atoms with Crippen LogP contribution in [0.25, 0.3) is 22.1 Å². The van der Waals surface area contributed by atoms with E-state index in [2.05, 4.69) is 73.9 Å². The number of benzene rings is 2. The van der Waals surface area contributed by atoms with Crippen LogP contribution < -0.4 is 0 Å². The van der Waals surface area contributed by atoms with Crippen LogP contribution >= 0.6 is 0 Å². The van der Waals surface area contributed by atoms with Gasteiger partial charge in [-0.05, 0) is 94.2 Å². The fourth-order valence-electron chi connectivity index (χ4n) is 7.41. The third-order valence-electron chi connectivity index (χ3n) is 9.45. The van der Waals surface area contributed by atoms with Crippen molar-refractivity contribution in [1.82, 2.24) is 29.7 Å². The van der Waals surface area contributed by atoms with Crippen LogP contribution in [0.1, 0.15) is 80.1 Å². The van der Waals surface area contributed by atoms with Crippen LogP contribution in [0, 0.1) is 38.5 Å². The molecule has 2 bridgehead atoms. The van der Waals surface area contributed by atoms with Gasteiger partial charge in [0.15, 0.2) is 0 Å². The molecule has 2 aromatic heterocycles. The topological polar surface area (TPSA) is 58.0 Å². The summed E-state index contributed by atoms with van der Waals surface area (Å²) < 4.78 is 0. The van der Waals surface area contributed by atoms with Gasteiger partial charge in [-0.25, -0.2) is 19.9 Å². The number of nitrogens with zero attached hydrogens (tertiary/aromatic N) is 6. The lowest BCUT2D eigenvalue weighted by Crippen LogP contribution is -2.62. The molecule has 39 heavy (non-hydrogen) atoms. The van der Waals surface area contributed by atoms with Gasteiger partial charge in [0.05, 0.1) is 44.8 Å². The highest BCUT2D eigenvalue weighted by atomic mass is 15.3. The minimum absolute atomic E-state index is 0.239. The molecule has 6 nitrogen and oxygen atoms in total. The van der Waals surface area contributed by atoms with Gasteiger partial charge in [0.2, 0.25) is 0 Å². The molecule has 2 aromatic carbocycles. The van der Waals surface area contributed by atoms with E-state index < -0.39 is 0 Å². The normalized spacial score (nSPS) is 25.7. The van der Waals surface area contributed by atoms with Crippen molar-refractivity contribution in [2.75, 3.05) is 26.2 Å². The highest BCUT2D eigenvalue weighted by molar-refractivity contribution is 5.76. The van der Waals surface area contributed by atoms with Crippen molar-refractivity contribution in [3.8, 4) is 0 Å². The molecule has 0 aliphatic carbocycles. The fourth-order valence-corrected chi connectivity index (χ4v) is 7.41. The first-order valence-corrected chi connectivity index (χ1v) is 14.4. The van der Waals surface area contributed by atoms with Crippen LogP contribution in [0.3, 0.4) is 0 Å². The van der Waals surface area contributed by atoms with E-state index in [0.29, 0.717) is 12.1 Å². The molecule has 0 N–H and O–H groups in total. The van der Waals surface area contributed by atoms with Gasteiger partial charge in [0, 0.05) is 38.3 Å². The summed E-state index contributed by atoms with van der Waals surface area (Å²) in [6, 6.07) is 14.0. The van der Waals surface area contributed by atoms with Crippen LogP contribution in [0.4, 0.5) is 0 Å². The highest BCUT2D eigenvalue weighted by Crippen LogP contribution is 2.49. The Kier molecular flexibility index (Phi) is 6.27. The molecule has 0 amide bonds. The lowest BCUT2D eigenvalue weighted by molar-refractivity contribution is -0.0956. The summed E-state index contributed by atoms with van der Waals surface area (Å²) in [6.07, 6.45) is 1.27. The van der Waals surface area contributed by atoms with Crippen molar-refractivity contribution in [1.29, 1.82) is 0 Å². The van der Waals surface area contributed by atoms with Crippen LogP contribution in [0.15, 0.2) is 36.4 Å². The molecule has 4 aromatic rings. The minimum atomic E-state index is 0.239. The van der Waals surface area contributed by atoms with Crippen LogP contribution in [0.2, 0.25) is 0 Å². The molecule has 0 radical (unpaired) electrons. The molecule has 204 valence electrons. The van der Waals surface area contributed by atoms with Gasteiger partial charge in [0.1, 0.15) is 0 Å². The van der Waals surface area contributed by atoms with Crippen LogP contribution in [0.5, 0.6) is 0 Å². The summed E-state index contributed by atoms with van der Waals surface area (Å²) in [5.74, 6) is 0. The summed E-state index contributed by atoms with van der Waals surface area (Å²) in [4.78, 5) is 24.6. The van der Waals surface area contributed by atoms with E-state index in [1.807, 2.05) is 27.7 Å². The average Bonchev–Trinajstić information content (AvgIpc) is 2.87. The van der Waals surface area contributed by atoms with Gasteiger partial charge in [-0.15, -0.1) is 0 Å². The summed E-state index contributed by atoms with van der Waals surface area (Å²) in [5.41, 5.74) is 11.2. The van der Waals surface area contributed by atoms with Gasteiger partial charge in [-0.3, -0.25) is 9.80 Å². The number of hydrogen-bond acceptors (Lipinski definition) is 6. The zero-order chi connectivity index (χ0) is 27.7. The second-order valence-corrected chi connectivity index (χ2v) is 13.2. The number of piperidine rings is 2. The van der Waals surface area contributed by atoms with E-state index in [-0.39, 0.29) is 10.8 Å². The Labute approximate surface area is 232 Å². The zero-order valence-corrected chi connectivity index (χ0v) is 24.8. The Bertz CT molecular complexity index is 1450. The Morgan fingerprint density at radius 1 is 0.564 bits per heavy atom. The van der Waals surface area contributed by atoms with E-state index in [0.717, 1.165) is 71.0 Å². The van der Waals surface area contributed by atoms with E-state index in [1.165, 1.54) is 17.5 Å². The van der Waals surface area contributed by atoms with E-state index in [9.17, 15) is 0 Å². The summed E-state index contributed by atoms with van der Waals surface area (Å²) in [7, 11) is 0. The first-order valence-electron chi connectivity index (χ1n) is 14.4. The van der Waals surface area contributed by atoms with Gasteiger partial charge in [-0.2, -0.15) is 0 Å². The standard InChI is InChI=1S/C33H42N6/c1-20-22(3)36-30-13-26(9-11-28(30)34-20)24(5)38-16-32(7)15-33(8,17-38)19-39(18-32)25(6)27-10-12-29-31(14-27)37-23(4)21(2)35-29/h9-14,24-25H,15-19H2,1-8H3. The predicted octanol–water partition coefficient (Wildman–Crippen LogP) is 6.66. The number of likely N-dealkylation sites (tertiary alicyclic amines) is 2. The molecule has 2 unspecified atom stereocenters. The number of aromatic nitrogens is 4. The first kappa shape index (κ1) is 26.3. The molecule has 2 aliphatic heterocycles. The van der Waals surface area contributed by atoms with Crippen molar-refractivity contribution in [2.24, 2.45) is 10.8 Å². The number of hydrogen-bond donors (Lipinski definition) is 0. The third kappa shape index (κ3) is 4.82. The second kappa shape index (κ2) is 9.31. The summed E-state index contributed by atoms with van der Waals surface area (Å²) in [6.45, 7) is 22.3. The Morgan fingerprint density at radius 3 is 1.26 bits per heavy atom. The first-order chi connectivity index (χ1) is 18.4. The molecule has 0 saturated carbocycles. The molecule has 2 atom stereocenters. The van der Waals surface area contributed by atoms with Crippen LogP contribution in [-0.4, -0.2) is 55.9 Å². The molecule has 2 aliphatic rings. The van der Waals surface area contributed by atoms with Crippen molar-refractivity contribution in [2.45, 2.75) is 73.9 Å². The van der Waals surface area contributed by atoms with Crippen LogP contribution in [-0.2, 0) is 0 Å². The lowest BCUT2D eigenvalue weighted by atomic mass is 9.64. The lowest BCUT2D eigenvalue weighted by Gasteiger charge is -2.59. The maximum Gasteiger partial charge on any atom is 0.0893 e. The SMILES string of the molecule is Cc1nc2ccc(C(C)N3CC4(C)CN(C(C)c5ccc6nc(C)c(C)nc6c5)CC(C)(C3)C4)cc2nc1C. The summed E-state index contributed by atoms with van der Waals surface area (Å²) >= 11 is 0. The molecular formula is C33H42N6. The minimum Gasteiger partial charge on any atom is -0.295 e. The number of rotatable bonds is 4. The molecular weight excluding hydrogens is 480 g/mol. The monoisotopic (exact) mass is 522 g/mol. The third-order valence-corrected chi connectivity index (χ3v) is 9.45. The Hall–Kier alpha value is -2.96. The van der Waals surface area contributed by atoms with E-state index in [4.69, 9.17) is 19.9 Å². The molecule has 0 spiro atoms. The molecule has 2 fully saturated rings. The largest absolute Gasteiger partial charge is 0.295 e. The summed E-state index contributed by atoms with van der Waals surface area (Å²) in [5, 5.41) is 0. The molecule has 2 saturated heterocycles. The fraction of sp³-hybridized carbons (Fsp3) is 0.515. The van der Waals surface area contributed by atoms with Gasteiger partial charge >= 0.3 is 0 Å². The van der Waals surface area contributed by atoms with Crippen molar-refractivity contribution < 1.29 is 0 Å². The zero-order valence-electron chi connectivity index (χ0n) is 24.8. The number of aryl methyl sites for hydroxylation is 4. The van der Waals surface area contributed by atoms with Gasteiger partial charge in [0.25, 0.3) is 0 Å². The highest BCUT2D eigenvalue weighted by Gasteiger charge is 2.50. The quantitative estimate of drug-likeness (QED) is 0.299. The predicted molar refractivity (Wildman–Crippen MR) is 159 cm³/mol. The van der Waals surface area contributed by atoms with Crippen molar-refractivity contribution in [3.63, 3.8) is 0 Å². The van der Waals surface area contributed by atoms with Crippen molar-refractivity contribution in [3.05, 3.63) is 70.3 Å². The maximum atomic E-state index is 4.84. The van der Waals surface area contributed by atoms with Gasteiger partial charge in [-0.1, -0.05) is 26.0 Å². The molecule has 4 heterocycles. The second-order valence-electron chi connectivity index (χ2n) is 13.2. The molecule has 6 rings (SSSR count). The Morgan fingerprint density at radius 2 is 0.897 bits per heavy atom. The number of fused-ring (bicyclic) bond motifs is 4. The molecule has 6 heteroatoms. The van der Waals surface area contributed by atoms with E-state index in [1.54, 1.807) is 0 Å². The maximum absolute atomic E-state index is 4.84. The van der Waals surface area contributed by atoms with E-state index >= 15 is 0 Å². The Balaban J connectivity index is 1.23. The van der Waals surface area contributed by atoms with Crippen molar-refractivity contribution >= 4 is 22.1 Å². The average molecular weight is 523 g/mol. The smallest absolute Gasteiger partial charge is 0.0893 e.